The SMILES string of the molecule is CCOC(=O)CC1CN(Cc2ccccc2)c2cc3c(cc2O1)c1c(n3C)C(=O)NCC1. The zero-order valence-corrected chi connectivity index (χ0v) is 18.4. The Morgan fingerprint density at radius 1 is 1.25 bits per heavy atom. The third-order valence-electron chi connectivity index (χ3n) is 6.23. The number of esters is 1. The Balaban J connectivity index is 1.58. The van der Waals surface area contributed by atoms with Gasteiger partial charge in [-0.25, -0.2) is 0 Å². The van der Waals surface area contributed by atoms with Crippen molar-refractivity contribution < 1.29 is 19.1 Å². The Morgan fingerprint density at radius 2 is 2.06 bits per heavy atom. The van der Waals surface area contributed by atoms with Gasteiger partial charge in [0, 0.05) is 25.5 Å². The van der Waals surface area contributed by atoms with Gasteiger partial charge in [-0.05, 0) is 36.6 Å². The minimum Gasteiger partial charge on any atom is -0.486 e. The molecule has 5 rings (SSSR count). The summed E-state index contributed by atoms with van der Waals surface area (Å²) in [5.74, 6) is 0.453. The molecule has 166 valence electrons. The molecule has 2 aliphatic rings. The maximum absolute atomic E-state index is 12.5. The molecular weight excluding hydrogens is 406 g/mol. The topological polar surface area (TPSA) is 72.8 Å². The molecule has 1 atom stereocenters. The summed E-state index contributed by atoms with van der Waals surface area (Å²) in [7, 11) is 1.94. The fourth-order valence-corrected chi connectivity index (χ4v) is 4.82. The smallest absolute Gasteiger partial charge is 0.309 e. The summed E-state index contributed by atoms with van der Waals surface area (Å²) in [5, 5.41) is 3.97. The number of fused-ring (bicyclic) bond motifs is 4. The first-order valence-electron chi connectivity index (χ1n) is 11.1. The third kappa shape index (κ3) is 3.57. The molecule has 2 aromatic carbocycles. The first kappa shape index (κ1) is 20.4. The molecule has 0 saturated carbocycles. The van der Waals surface area contributed by atoms with Crippen molar-refractivity contribution in [2.24, 2.45) is 7.05 Å². The number of aryl methyl sites for hydroxylation is 1. The standard InChI is InChI=1S/C25H27N3O4/c1-3-31-23(29)11-17-15-28(14-16-7-5-4-6-8-16)21-13-20-19(12-22(21)32-17)18-9-10-26-25(30)24(18)27(20)2/h4-8,12-13,17H,3,9-11,14-15H2,1-2H3,(H,26,30). The van der Waals surface area contributed by atoms with Crippen molar-refractivity contribution in [1.82, 2.24) is 9.88 Å². The summed E-state index contributed by atoms with van der Waals surface area (Å²) in [6.07, 6.45) is 0.689. The number of anilines is 1. The summed E-state index contributed by atoms with van der Waals surface area (Å²) in [6.45, 7) is 4.08. The zero-order valence-electron chi connectivity index (χ0n) is 18.4. The molecule has 0 fully saturated rings. The lowest BCUT2D eigenvalue weighted by atomic mass is 10.0. The first-order valence-corrected chi connectivity index (χ1v) is 11.1. The molecule has 0 spiro atoms. The van der Waals surface area contributed by atoms with Crippen LogP contribution in [0.1, 0.15) is 35.0 Å². The van der Waals surface area contributed by atoms with E-state index >= 15 is 0 Å². The number of ether oxygens (including phenoxy) is 2. The number of hydrogen-bond donors (Lipinski definition) is 1. The van der Waals surface area contributed by atoms with Gasteiger partial charge in [0.25, 0.3) is 5.91 Å². The van der Waals surface area contributed by atoms with Crippen LogP contribution in [-0.2, 0) is 29.5 Å². The maximum atomic E-state index is 12.5. The summed E-state index contributed by atoms with van der Waals surface area (Å²) >= 11 is 0. The molecule has 2 aliphatic heterocycles. The molecule has 1 aromatic heterocycles. The Morgan fingerprint density at radius 3 is 2.84 bits per heavy atom. The van der Waals surface area contributed by atoms with E-state index < -0.39 is 0 Å². The number of hydrogen-bond acceptors (Lipinski definition) is 5. The van der Waals surface area contributed by atoms with Crippen LogP contribution in [0, 0.1) is 0 Å². The highest BCUT2D eigenvalue weighted by Crippen LogP contribution is 2.41. The lowest BCUT2D eigenvalue weighted by Crippen LogP contribution is -2.41. The summed E-state index contributed by atoms with van der Waals surface area (Å²) in [5.41, 5.74) is 4.93. The van der Waals surface area contributed by atoms with Crippen molar-refractivity contribution in [2.75, 3.05) is 24.6 Å². The lowest BCUT2D eigenvalue weighted by Gasteiger charge is -2.36. The van der Waals surface area contributed by atoms with E-state index in [-0.39, 0.29) is 24.4 Å². The second-order valence-corrected chi connectivity index (χ2v) is 8.34. The van der Waals surface area contributed by atoms with Gasteiger partial charge in [-0.15, -0.1) is 0 Å². The molecule has 7 nitrogen and oxygen atoms in total. The molecule has 1 N–H and O–H groups in total. The van der Waals surface area contributed by atoms with Crippen LogP contribution in [-0.4, -0.2) is 42.2 Å². The average Bonchev–Trinajstić information content (AvgIpc) is 3.06. The van der Waals surface area contributed by atoms with Crippen LogP contribution in [0.2, 0.25) is 0 Å². The van der Waals surface area contributed by atoms with Gasteiger partial charge in [0.05, 0.1) is 30.8 Å². The lowest BCUT2D eigenvalue weighted by molar-refractivity contribution is -0.144. The van der Waals surface area contributed by atoms with Gasteiger partial charge in [-0.2, -0.15) is 0 Å². The molecule has 3 heterocycles. The molecule has 1 unspecified atom stereocenters. The molecule has 1 amide bonds. The molecule has 0 radical (unpaired) electrons. The fraction of sp³-hybridized carbons (Fsp3) is 0.360. The number of carbonyl (C=O) groups excluding carboxylic acids is 2. The number of carbonyl (C=O) groups is 2. The van der Waals surface area contributed by atoms with Crippen LogP contribution in [0.5, 0.6) is 5.75 Å². The highest BCUT2D eigenvalue weighted by molar-refractivity contribution is 6.04. The number of nitrogens with zero attached hydrogens (tertiary/aromatic N) is 2. The first-order chi connectivity index (χ1) is 15.5. The van der Waals surface area contributed by atoms with Gasteiger partial charge in [0.15, 0.2) is 0 Å². The monoisotopic (exact) mass is 433 g/mol. The van der Waals surface area contributed by atoms with Crippen LogP contribution in [0.4, 0.5) is 5.69 Å². The predicted octanol–water partition coefficient (Wildman–Crippen LogP) is 3.19. The van der Waals surface area contributed by atoms with Crippen molar-refractivity contribution in [3.8, 4) is 5.75 Å². The van der Waals surface area contributed by atoms with E-state index in [2.05, 4.69) is 28.4 Å². The van der Waals surface area contributed by atoms with Crippen molar-refractivity contribution in [3.63, 3.8) is 0 Å². The van der Waals surface area contributed by atoms with E-state index in [1.165, 1.54) is 5.56 Å². The van der Waals surface area contributed by atoms with Gasteiger partial charge >= 0.3 is 5.97 Å². The normalized spacial score (nSPS) is 17.4. The number of nitrogens with one attached hydrogen (secondary N) is 1. The molecule has 32 heavy (non-hydrogen) atoms. The fourth-order valence-electron chi connectivity index (χ4n) is 4.82. The second kappa shape index (κ2) is 8.22. The van der Waals surface area contributed by atoms with Crippen molar-refractivity contribution in [2.45, 2.75) is 32.4 Å². The van der Waals surface area contributed by atoms with E-state index in [1.807, 2.05) is 42.8 Å². The van der Waals surface area contributed by atoms with Crippen molar-refractivity contribution in [3.05, 3.63) is 59.3 Å². The van der Waals surface area contributed by atoms with E-state index in [0.29, 0.717) is 31.9 Å². The average molecular weight is 434 g/mol. The number of amides is 1. The summed E-state index contributed by atoms with van der Waals surface area (Å²) in [6, 6.07) is 14.4. The molecule has 7 heteroatoms. The van der Waals surface area contributed by atoms with Gasteiger partial charge < -0.3 is 24.3 Å². The number of aromatic nitrogens is 1. The maximum Gasteiger partial charge on any atom is 0.309 e. The van der Waals surface area contributed by atoms with Crippen LogP contribution in [0.25, 0.3) is 10.9 Å². The number of benzene rings is 2. The predicted molar refractivity (Wildman–Crippen MR) is 122 cm³/mol. The highest BCUT2D eigenvalue weighted by Gasteiger charge is 2.31. The second-order valence-electron chi connectivity index (χ2n) is 8.34. The van der Waals surface area contributed by atoms with Gasteiger partial charge in [-0.1, -0.05) is 30.3 Å². The Kier molecular flexibility index (Phi) is 5.25. The van der Waals surface area contributed by atoms with E-state index in [0.717, 1.165) is 34.3 Å². The van der Waals surface area contributed by atoms with E-state index in [4.69, 9.17) is 9.47 Å². The molecule has 0 aliphatic carbocycles. The van der Waals surface area contributed by atoms with Crippen molar-refractivity contribution >= 4 is 28.5 Å². The molecule has 3 aromatic rings. The Bertz CT molecular complexity index is 1190. The minimum absolute atomic E-state index is 0.0369. The third-order valence-corrected chi connectivity index (χ3v) is 6.23. The van der Waals surface area contributed by atoms with Crippen LogP contribution < -0.4 is 15.0 Å². The molecule has 0 bridgehead atoms. The molecule has 0 saturated heterocycles. The number of rotatable bonds is 5. The van der Waals surface area contributed by atoms with Gasteiger partial charge in [-0.3, -0.25) is 9.59 Å². The van der Waals surface area contributed by atoms with E-state index in [1.54, 1.807) is 0 Å². The quantitative estimate of drug-likeness (QED) is 0.626. The van der Waals surface area contributed by atoms with Crippen molar-refractivity contribution in [1.29, 1.82) is 0 Å². The van der Waals surface area contributed by atoms with Gasteiger partial charge in [0.1, 0.15) is 17.5 Å². The minimum atomic E-state index is -0.300. The van der Waals surface area contributed by atoms with Gasteiger partial charge in [0.2, 0.25) is 0 Å². The summed E-state index contributed by atoms with van der Waals surface area (Å²) in [4.78, 5) is 26.9. The van der Waals surface area contributed by atoms with E-state index in [9.17, 15) is 9.59 Å². The highest BCUT2D eigenvalue weighted by atomic mass is 16.5. The van der Waals surface area contributed by atoms with Crippen LogP contribution >= 0.6 is 0 Å². The van der Waals surface area contributed by atoms with Crippen LogP contribution in [0.15, 0.2) is 42.5 Å². The Hall–Kier alpha value is -3.48. The Labute approximate surface area is 186 Å². The summed E-state index contributed by atoms with van der Waals surface area (Å²) < 4.78 is 13.4. The largest absolute Gasteiger partial charge is 0.486 e. The van der Waals surface area contributed by atoms with Crippen LogP contribution in [0.3, 0.4) is 0 Å². The molecular formula is C25H27N3O4. The zero-order chi connectivity index (χ0) is 22.2.